The fourth-order valence-corrected chi connectivity index (χ4v) is 3.69. The smallest absolute Gasteiger partial charge is 0.363 e. The first-order valence-electron chi connectivity index (χ1n) is 11.3. The molecule has 9 heteroatoms. The molecule has 0 spiro atoms. The van der Waals surface area contributed by atoms with Crippen LogP contribution in [0.25, 0.3) is 12.2 Å². The summed E-state index contributed by atoms with van der Waals surface area (Å²) in [6.07, 6.45) is 4.51. The van der Waals surface area contributed by atoms with Crippen molar-refractivity contribution in [3.8, 4) is 23.0 Å². The Labute approximate surface area is 217 Å². The van der Waals surface area contributed by atoms with E-state index in [1.807, 2.05) is 6.92 Å². The zero-order valence-corrected chi connectivity index (χ0v) is 20.4. The molecule has 0 bridgehead atoms. The molecule has 0 fully saturated rings. The predicted molar refractivity (Wildman–Crippen MR) is 137 cm³/mol. The Morgan fingerprint density at radius 1 is 1.00 bits per heavy atom. The molecule has 2 aliphatic rings. The van der Waals surface area contributed by atoms with Crippen LogP contribution in [0.15, 0.2) is 77.4 Å². The second-order valence-electron chi connectivity index (χ2n) is 7.85. The fraction of sp³-hybridized carbons (Fsp3) is 0.107. The summed E-state index contributed by atoms with van der Waals surface area (Å²) in [6.45, 7) is 2.30. The lowest BCUT2D eigenvalue weighted by atomic mass is 10.1. The maximum Gasteiger partial charge on any atom is 0.363 e. The van der Waals surface area contributed by atoms with Crippen molar-refractivity contribution in [1.29, 1.82) is 0 Å². The second-order valence-corrected chi connectivity index (χ2v) is 8.29. The van der Waals surface area contributed by atoms with E-state index in [1.54, 1.807) is 72.8 Å². The molecule has 0 atom stereocenters. The summed E-state index contributed by atoms with van der Waals surface area (Å²) in [5.41, 5.74) is 2.12. The standard InChI is InChI=1S/C28H20ClNO7/c1-2-33-24-14-18(5-10-23(24)36-26(31)12-6-17-3-8-20(29)9-4-17)13-21-28(32)37-27(30-21)19-7-11-22-25(15-19)35-16-34-22/h3-15H,2,16H2,1H3/b12-6+,21-13+. The summed E-state index contributed by atoms with van der Waals surface area (Å²) in [5.74, 6) is 0.771. The summed E-state index contributed by atoms with van der Waals surface area (Å²) < 4.78 is 27.1. The molecule has 0 saturated heterocycles. The number of cyclic esters (lactones) is 1. The molecule has 2 aliphatic heterocycles. The van der Waals surface area contributed by atoms with E-state index >= 15 is 0 Å². The summed E-state index contributed by atoms with van der Waals surface area (Å²) in [6, 6.07) is 17.1. The van der Waals surface area contributed by atoms with Gasteiger partial charge in [0, 0.05) is 16.7 Å². The van der Waals surface area contributed by atoms with Crippen LogP contribution in [0.4, 0.5) is 0 Å². The molecule has 0 N–H and O–H groups in total. The Hall–Kier alpha value is -4.56. The molecule has 0 amide bonds. The average Bonchev–Trinajstić information content (AvgIpc) is 3.51. The van der Waals surface area contributed by atoms with Crippen molar-refractivity contribution in [1.82, 2.24) is 0 Å². The Balaban J connectivity index is 1.33. The summed E-state index contributed by atoms with van der Waals surface area (Å²) >= 11 is 5.88. The predicted octanol–water partition coefficient (Wildman–Crippen LogP) is 5.43. The molecule has 186 valence electrons. The van der Waals surface area contributed by atoms with Gasteiger partial charge in [0.2, 0.25) is 12.7 Å². The van der Waals surface area contributed by atoms with Gasteiger partial charge in [-0.1, -0.05) is 29.8 Å². The first-order valence-corrected chi connectivity index (χ1v) is 11.7. The first-order chi connectivity index (χ1) is 18.0. The first kappa shape index (κ1) is 24.1. The van der Waals surface area contributed by atoms with Crippen LogP contribution in [0.1, 0.15) is 23.6 Å². The number of aliphatic imine (C=N–C) groups is 1. The number of halogens is 1. The number of benzene rings is 3. The van der Waals surface area contributed by atoms with Crippen LogP contribution in [0.2, 0.25) is 5.02 Å². The van der Waals surface area contributed by atoms with Crippen LogP contribution in [0, 0.1) is 0 Å². The molecule has 0 saturated carbocycles. The molecule has 5 rings (SSSR count). The lowest BCUT2D eigenvalue weighted by Gasteiger charge is -2.10. The van der Waals surface area contributed by atoms with Crippen molar-refractivity contribution in [2.45, 2.75) is 6.92 Å². The number of rotatable bonds is 7. The lowest BCUT2D eigenvalue weighted by Crippen LogP contribution is -2.06. The lowest BCUT2D eigenvalue weighted by molar-refractivity contribution is -0.130. The highest BCUT2D eigenvalue weighted by Crippen LogP contribution is 2.34. The average molecular weight is 518 g/mol. The molecule has 0 radical (unpaired) electrons. The number of hydrogen-bond acceptors (Lipinski definition) is 8. The van der Waals surface area contributed by atoms with Crippen LogP contribution >= 0.6 is 11.6 Å². The minimum atomic E-state index is -0.589. The van der Waals surface area contributed by atoms with Gasteiger partial charge in [-0.15, -0.1) is 0 Å². The van der Waals surface area contributed by atoms with Crippen molar-refractivity contribution in [3.63, 3.8) is 0 Å². The number of esters is 2. The van der Waals surface area contributed by atoms with Gasteiger partial charge < -0.3 is 23.7 Å². The molecule has 0 unspecified atom stereocenters. The normalized spacial score (nSPS) is 15.1. The molecule has 0 aliphatic carbocycles. The number of carbonyl (C=O) groups is 2. The number of nitrogens with zero attached hydrogens (tertiary/aromatic N) is 1. The van der Waals surface area contributed by atoms with Gasteiger partial charge >= 0.3 is 11.9 Å². The number of fused-ring (bicyclic) bond motifs is 1. The third-order valence-corrected chi connectivity index (χ3v) is 5.56. The number of ether oxygens (including phenoxy) is 5. The van der Waals surface area contributed by atoms with Gasteiger partial charge in [-0.3, -0.25) is 0 Å². The zero-order chi connectivity index (χ0) is 25.8. The maximum atomic E-state index is 12.5. The van der Waals surface area contributed by atoms with E-state index in [0.29, 0.717) is 40.0 Å². The third-order valence-electron chi connectivity index (χ3n) is 5.30. The Morgan fingerprint density at radius 3 is 2.59 bits per heavy atom. The highest BCUT2D eigenvalue weighted by molar-refractivity contribution is 6.30. The van der Waals surface area contributed by atoms with Gasteiger partial charge in [0.05, 0.1) is 6.61 Å². The topological polar surface area (TPSA) is 92.7 Å². The van der Waals surface area contributed by atoms with Crippen LogP contribution in [0.5, 0.6) is 23.0 Å². The van der Waals surface area contributed by atoms with E-state index in [-0.39, 0.29) is 24.1 Å². The van der Waals surface area contributed by atoms with Crippen LogP contribution in [-0.2, 0) is 14.3 Å². The van der Waals surface area contributed by atoms with E-state index in [0.717, 1.165) is 5.56 Å². The van der Waals surface area contributed by atoms with E-state index in [4.69, 9.17) is 35.3 Å². The Bertz CT molecular complexity index is 1460. The van der Waals surface area contributed by atoms with Crippen LogP contribution in [0.3, 0.4) is 0 Å². The molecule has 0 aromatic heterocycles. The highest BCUT2D eigenvalue weighted by Gasteiger charge is 2.26. The van der Waals surface area contributed by atoms with E-state index in [2.05, 4.69) is 4.99 Å². The molecule has 37 heavy (non-hydrogen) atoms. The summed E-state index contributed by atoms with van der Waals surface area (Å²) in [4.78, 5) is 29.1. The minimum absolute atomic E-state index is 0.116. The van der Waals surface area contributed by atoms with Crippen molar-refractivity contribution in [2.24, 2.45) is 4.99 Å². The molecular weight excluding hydrogens is 498 g/mol. The van der Waals surface area contributed by atoms with E-state index < -0.39 is 11.9 Å². The zero-order valence-electron chi connectivity index (χ0n) is 19.6. The third kappa shape index (κ3) is 5.65. The second kappa shape index (κ2) is 10.6. The summed E-state index contributed by atoms with van der Waals surface area (Å²) in [5, 5.41) is 0.608. The van der Waals surface area contributed by atoms with Gasteiger partial charge in [-0.2, -0.15) is 0 Å². The largest absolute Gasteiger partial charge is 0.490 e. The number of carbonyl (C=O) groups excluding carboxylic acids is 2. The van der Waals surface area contributed by atoms with Gasteiger partial charge in [0.1, 0.15) is 0 Å². The van der Waals surface area contributed by atoms with Crippen molar-refractivity contribution < 1.29 is 33.3 Å². The quantitative estimate of drug-likeness (QED) is 0.234. The van der Waals surface area contributed by atoms with Crippen LogP contribution < -0.4 is 18.9 Å². The molecule has 2 heterocycles. The van der Waals surface area contributed by atoms with Gasteiger partial charge in [-0.25, -0.2) is 14.6 Å². The maximum absolute atomic E-state index is 12.5. The van der Waals surface area contributed by atoms with Crippen molar-refractivity contribution in [2.75, 3.05) is 13.4 Å². The monoisotopic (exact) mass is 517 g/mol. The molecule has 3 aromatic rings. The molecular formula is C28H20ClNO7. The van der Waals surface area contributed by atoms with E-state index in [1.165, 1.54) is 6.08 Å². The Morgan fingerprint density at radius 2 is 1.78 bits per heavy atom. The van der Waals surface area contributed by atoms with Crippen molar-refractivity contribution in [3.05, 3.63) is 94.1 Å². The Kier molecular flexibility index (Phi) is 6.91. The minimum Gasteiger partial charge on any atom is -0.490 e. The van der Waals surface area contributed by atoms with Crippen LogP contribution in [-0.4, -0.2) is 31.2 Å². The fourth-order valence-electron chi connectivity index (χ4n) is 3.57. The van der Waals surface area contributed by atoms with Gasteiger partial charge in [0.15, 0.2) is 28.7 Å². The SMILES string of the molecule is CCOc1cc(/C=C2/N=C(c3ccc4c(c3)OCO4)OC2=O)ccc1OC(=O)/C=C/c1ccc(Cl)cc1. The highest BCUT2D eigenvalue weighted by atomic mass is 35.5. The van der Waals surface area contributed by atoms with E-state index in [9.17, 15) is 9.59 Å². The summed E-state index contributed by atoms with van der Waals surface area (Å²) in [7, 11) is 0. The van der Waals surface area contributed by atoms with Gasteiger partial charge in [-0.05, 0) is 72.7 Å². The van der Waals surface area contributed by atoms with Crippen molar-refractivity contribution >= 4 is 41.6 Å². The molecule has 3 aromatic carbocycles. The van der Waals surface area contributed by atoms with Gasteiger partial charge in [0.25, 0.3) is 0 Å². The number of hydrogen-bond donors (Lipinski definition) is 0. The molecule has 8 nitrogen and oxygen atoms in total.